The molecule has 3 nitrogen and oxygen atoms in total. The maximum atomic E-state index is 13.6. The van der Waals surface area contributed by atoms with Crippen LogP contribution in [-0.4, -0.2) is 18.5 Å². The normalized spacial score (nSPS) is 17.8. The first-order valence-corrected chi connectivity index (χ1v) is 7.67. The Morgan fingerprint density at radius 3 is 2.70 bits per heavy atom. The predicted molar refractivity (Wildman–Crippen MR) is 85.4 cm³/mol. The van der Waals surface area contributed by atoms with E-state index in [9.17, 15) is 13.6 Å². The number of benzene rings is 2. The van der Waals surface area contributed by atoms with Crippen molar-refractivity contribution in [3.63, 3.8) is 0 Å². The first-order chi connectivity index (χ1) is 11.1. The van der Waals surface area contributed by atoms with Crippen LogP contribution in [-0.2, 0) is 11.3 Å². The zero-order chi connectivity index (χ0) is 16.4. The Kier molecular flexibility index (Phi) is 4.59. The fourth-order valence-corrected chi connectivity index (χ4v) is 2.77. The van der Waals surface area contributed by atoms with E-state index in [1.54, 1.807) is 24.3 Å². The van der Waals surface area contributed by atoms with Crippen molar-refractivity contribution in [1.29, 1.82) is 0 Å². The predicted octanol–water partition coefficient (Wildman–Crippen LogP) is 3.51. The van der Waals surface area contributed by atoms with Crippen LogP contribution in [0.25, 0.3) is 0 Å². The van der Waals surface area contributed by atoms with Crippen molar-refractivity contribution in [1.82, 2.24) is 5.32 Å². The van der Waals surface area contributed by atoms with Crippen molar-refractivity contribution in [2.75, 3.05) is 11.4 Å². The van der Waals surface area contributed by atoms with E-state index in [0.717, 1.165) is 0 Å². The highest BCUT2D eigenvalue weighted by molar-refractivity contribution is 6.30. The maximum Gasteiger partial charge on any atom is 0.244 e. The molecule has 1 aliphatic rings. The maximum absolute atomic E-state index is 13.6. The number of amides is 1. The Hall–Kier alpha value is -1.98. The van der Waals surface area contributed by atoms with E-state index in [1.807, 2.05) is 0 Å². The number of anilines is 1. The minimum atomic E-state index is -0.556. The lowest BCUT2D eigenvalue weighted by Gasteiger charge is -2.17. The number of hydrogen-bond acceptors (Lipinski definition) is 2. The van der Waals surface area contributed by atoms with Crippen molar-refractivity contribution in [3.05, 3.63) is 64.7 Å². The summed E-state index contributed by atoms with van der Waals surface area (Å²) in [5.41, 5.74) is 0.989. The second-order valence-corrected chi connectivity index (χ2v) is 5.81. The summed E-state index contributed by atoms with van der Waals surface area (Å²) in [5, 5.41) is 3.09. The van der Waals surface area contributed by atoms with E-state index in [4.69, 9.17) is 11.6 Å². The number of halogens is 3. The molecule has 0 unspecified atom stereocenters. The zero-order valence-electron chi connectivity index (χ0n) is 12.2. The van der Waals surface area contributed by atoms with Gasteiger partial charge < -0.3 is 10.2 Å². The van der Waals surface area contributed by atoms with Gasteiger partial charge in [0.25, 0.3) is 0 Å². The first kappa shape index (κ1) is 15.9. The van der Waals surface area contributed by atoms with Gasteiger partial charge >= 0.3 is 0 Å². The van der Waals surface area contributed by atoms with Crippen LogP contribution < -0.4 is 10.2 Å². The van der Waals surface area contributed by atoms with Crippen molar-refractivity contribution >= 4 is 23.2 Å². The van der Waals surface area contributed by atoms with Crippen LogP contribution in [0.15, 0.2) is 42.5 Å². The molecule has 1 heterocycles. The van der Waals surface area contributed by atoms with Gasteiger partial charge in [-0.05, 0) is 30.7 Å². The van der Waals surface area contributed by atoms with Crippen LogP contribution in [0.4, 0.5) is 14.5 Å². The number of hydrogen-bond donors (Lipinski definition) is 1. The van der Waals surface area contributed by atoms with E-state index in [1.165, 1.54) is 23.1 Å². The fourth-order valence-electron chi connectivity index (χ4n) is 2.65. The zero-order valence-corrected chi connectivity index (χ0v) is 13.0. The van der Waals surface area contributed by atoms with Crippen molar-refractivity contribution in [3.8, 4) is 0 Å². The van der Waals surface area contributed by atoms with Crippen molar-refractivity contribution in [2.24, 2.45) is 0 Å². The minimum absolute atomic E-state index is 0.0228. The third-order valence-corrected chi connectivity index (χ3v) is 4.22. The lowest BCUT2D eigenvalue weighted by molar-refractivity contribution is -0.118. The van der Waals surface area contributed by atoms with Crippen LogP contribution in [0.2, 0.25) is 5.02 Å². The van der Waals surface area contributed by atoms with Gasteiger partial charge in [-0.15, -0.1) is 0 Å². The Labute approximate surface area is 137 Å². The molecule has 0 spiro atoms. The smallest absolute Gasteiger partial charge is 0.244 e. The second-order valence-electron chi connectivity index (χ2n) is 5.40. The summed E-state index contributed by atoms with van der Waals surface area (Å²) in [7, 11) is 0. The van der Waals surface area contributed by atoms with E-state index < -0.39 is 11.9 Å². The first-order valence-electron chi connectivity index (χ1n) is 7.29. The van der Waals surface area contributed by atoms with Gasteiger partial charge in [-0.2, -0.15) is 0 Å². The fraction of sp³-hybridized carbons (Fsp3) is 0.235. The molecule has 1 atom stereocenters. The Morgan fingerprint density at radius 1 is 1.17 bits per heavy atom. The number of carbonyl (C=O) groups excluding carboxylic acids is 1. The standard InChI is InChI=1S/C17H15ClF2N2O/c18-13-6-5-12(9-15(13)20)22-8-7-16(17(22)23)21-10-11-3-1-2-4-14(11)19/h1-6,9,16,21H,7-8,10H2/t16-/m0/s1. The summed E-state index contributed by atoms with van der Waals surface area (Å²) < 4.78 is 27.1. The van der Waals surface area contributed by atoms with Gasteiger partial charge in [0, 0.05) is 24.3 Å². The van der Waals surface area contributed by atoms with Gasteiger partial charge in [0.2, 0.25) is 5.91 Å². The van der Waals surface area contributed by atoms with E-state index in [2.05, 4.69) is 5.32 Å². The summed E-state index contributed by atoms with van der Waals surface area (Å²) in [6, 6.07) is 10.3. The average molecular weight is 337 g/mol. The third kappa shape index (κ3) is 3.35. The summed E-state index contributed by atoms with van der Waals surface area (Å²) in [4.78, 5) is 13.9. The van der Waals surface area contributed by atoms with Crippen LogP contribution >= 0.6 is 11.6 Å². The molecular formula is C17H15ClF2N2O. The number of nitrogens with one attached hydrogen (secondary N) is 1. The van der Waals surface area contributed by atoms with Crippen molar-refractivity contribution in [2.45, 2.75) is 19.0 Å². The Balaban J connectivity index is 1.67. The van der Waals surface area contributed by atoms with Crippen LogP contribution in [0.3, 0.4) is 0 Å². The summed E-state index contributed by atoms with van der Waals surface area (Å²) in [5.74, 6) is -1.01. The molecule has 6 heteroatoms. The quantitative estimate of drug-likeness (QED) is 0.926. The summed E-state index contributed by atoms with van der Waals surface area (Å²) in [6.07, 6.45) is 0.581. The van der Waals surface area contributed by atoms with Gasteiger partial charge in [0.15, 0.2) is 0 Å². The molecule has 1 aliphatic heterocycles. The Morgan fingerprint density at radius 2 is 1.96 bits per heavy atom. The van der Waals surface area contributed by atoms with Gasteiger partial charge in [-0.3, -0.25) is 4.79 Å². The molecule has 1 fully saturated rings. The molecule has 120 valence electrons. The van der Waals surface area contributed by atoms with Crippen LogP contribution in [0, 0.1) is 11.6 Å². The Bertz CT molecular complexity index is 738. The topological polar surface area (TPSA) is 32.3 Å². The molecule has 0 aromatic heterocycles. The minimum Gasteiger partial charge on any atom is -0.311 e. The van der Waals surface area contributed by atoms with Gasteiger partial charge in [0.05, 0.1) is 11.1 Å². The van der Waals surface area contributed by atoms with Crippen LogP contribution in [0.1, 0.15) is 12.0 Å². The third-order valence-electron chi connectivity index (χ3n) is 3.92. The molecular weight excluding hydrogens is 322 g/mol. The lowest BCUT2D eigenvalue weighted by atomic mass is 10.2. The van der Waals surface area contributed by atoms with E-state index >= 15 is 0 Å². The molecule has 0 bridgehead atoms. The highest BCUT2D eigenvalue weighted by Crippen LogP contribution is 2.26. The monoisotopic (exact) mass is 336 g/mol. The molecule has 1 N–H and O–H groups in total. The molecule has 0 aliphatic carbocycles. The van der Waals surface area contributed by atoms with E-state index in [0.29, 0.717) is 24.2 Å². The molecule has 2 aromatic carbocycles. The molecule has 3 rings (SSSR count). The van der Waals surface area contributed by atoms with E-state index in [-0.39, 0.29) is 23.3 Å². The summed E-state index contributed by atoms with van der Waals surface area (Å²) in [6.45, 7) is 0.751. The van der Waals surface area contributed by atoms with Gasteiger partial charge in [-0.1, -0.05) is 29.8 Å². The number of carbonyl (C=O) groups is 1. The molecule has 1 amide bonds. The largest absolute Gasteiger partial charge is 0.311 e. The number of nitrogens with zero attached hydrogens (tertiary/aromatic N) is 1. The van der Waals surface area contributed by atoms with Gasteiger partial charge in [-0.25, -0.2) is 8.78 Å². The highest BCUT2D eigenvalue weighted by atomic mass is 35.5. The summed E-state index contributed by atoms with van der Waals surface area (Å²) >= 11 is 5.66. The van der Waals surface area contributed by atoms with Crippen molar-refractivity contribution < 1.29 is 13.6 Å². The molecule has 2 aromatic rings. The molecule has 1 saturated heterocycles. The lowest BCUT2D eigenvalue weighted by Crippen LogP contribution is -2.38. The van der Waals surface area contributed by atoms with Crippen LogP contribution in [0.5, 0.6) is 0 Å². The molecule has 0 saturated carbocycles. The molecule has 23 heavy (non-hydrogen) atoms. The second kappa shape index (κ2) is 6.64. The highest BCUT2D eigenvalue weighted by Gasteiger charge is 2.32. The SMILES string of the molecule is O=C1[C@@H](NCc2ccccc2F)CCN1c1ccc(Cl)c(F)c1. The van der Waals surface area contributed by atoms with Gasteiger partial charge in [0.1, 0.15) is 11.6 Å². The average Bonchev–Trinajstić information content (AvgIpc) is 2.90. The molecule has 0 radical (unpaired) electrons. The number of rotatable bonds is 4.